The van der Waals surface area contributed by atoms with E-state index in [1.807, 2.05) is 0 Å². The summed E-state index contributed by atoms with van der Waals surface area (Å²) in [6.45, 7) is 2.11. The van der Waals surface area contributed by atoms with E-state index in [0.717, 1.165) is 31.1 Å². The normalized spacial score (nSPS) is 19.0. The second-order valence-electron chi connectivity index (χ2n) is 5.35. The van der Waals surface area contributed by atoms with E-state index in [0.29, 0.717) is 5.82 Å². The van der Waals surface area contributed by atoms with Crippen LogP contribution >= 0.6 is 11.6 Å². The number of aryl methyl sites for hydroxylation is 1. The molecule has 0 spiro atoms. The number of hydrogen-bond acceptors (Lipinski definition) is 3. The van der Waals surface area contributed by atoms with Gasteiger partial charge >= 0.3 is 0 Å². The highest BCUT2D eigenvalue weighted by Gasteiger charge is 2.17. The topological polar surface area (TPSA) is 38.9 Å². The Labute approximate surface area is 114 Å². The van der Waals surface area contributed by atoms with E-state index in [9.17, 15) is 0 Å². The molecule has 1 aliphatic carbocycles. The Hall–Kier alpha value is -0.570. The van der Waals surface area contributed by atoms with Gasteiger partial charge in [-0.25, -0.2) is 0 Å². The SMILES string of the molecule is CCCC(Cl)c1noc(CCC2CCCCC2)n1. The van der Waals surface area contributed by atoms with Crippen LogP contribution in [0.1, 0.15) is 75.4 Å². The fourth-order valence-corrected chi connectivity index (χ4v) is 2.99. The van der Waals surface area contributed by atoms with Gasteiger partial charge < -0.3 is 4.52 Å². The van der Waals surface area contributed by atoms with E-state index in [1.54, 1.807) is 0 Å². The quantitative estimate of drug-likeness (QED) is 0.706. The lowest BCUT2D eigenvalue weighted by Gasteiger charge is -2.20. The van der Waals surface area contributed by atoms with Crippen LogP contribution in [0.3, 0.4) is 0 Å². The molecule has 1 aliphatic rings. The van der Waals surface area contributed by atoms with E-state index >= 15 is 0 Å². The molecule has 3 nitrogen and oxygen atoms in total. The van der Waals surface area contributed by atoms with Gasteiger partial charge in [-0.1, -0.05) is 50.6 Å². The van der Waals surface area contributed by atoms with Crippen LogP contribution in [0.5, 0.6) is 0 Å². The van der Waals surface area contributed by atoms with Gasteiger partial charge in [0.15, 0.2) is 5.82 Å². The van der Waals surface area contributed by atoms with Crippen LogP contribution in [0.25, 0.3) is 0 Å². The van der Waals surface area contributed by atoms with E-state index < -0.39 is 0 Å². The summed E-state index contributed by atoms with van der Waals surface area (Å²) in [6.07, 6.45) is 11.0. The number of nitrogens with zero attached hydrogens (tertiary/aromatic N) is 2. The molecular formula is C14H23ClN2O. The molecule has 0 radical (unpaired) electrons. The molecule has 4 heteroatoms. The molecule has 0 N–H and O–H groups in total. The molecular weight excluding hydrogens is 248 g/mol. The van der Waals surface area contributed by atoms with Gasteiger partial charge in [0.2, 0.25) is 5.89 Å². The number of alkyl halides is 1. The van der Waals surface area contributed by atoms with Gasteiger partial charge in [-0.15, -0.1) is 11.6 Å². The zero-order valence-corrected chi connectivity index (χ0v) is 12.0. The number of hydrogen-bond donors (Lipinski definition) is 0. The molecule has 18 heavy (non-hydrogen) atoms. The molecule has 1 fully saturated rings. The van der Waals surface area contributed by atoms with Gasteiger partial charge in [-0.3, -0.25) is 0 Å². The third-order valence-electron chi connectivity index (χ3n) is 3.80. The summed E-state index contributed by atoms with van der Waals surface area (Å²) in [5.74, 6) is 2.28. The van der Waals surface area contributed by atoms with Crippen molar-refractivity contribution in [3.63, 3.8) is 0 Å². The summed E-state index contributed by atoms with van der Waals surface area (Å²) in [5, 5.41) is 3.89. The van der Waals surface area contributed by atoms with Crippen molar-refractivity contribution in [3.8, 4) is 0 Å². The maximum absolute atomic E-state index is 6.18. The smallest absolute Gasteiger partial charge is 0.226 e. The predicted molar refractivity (Wildman–Crippen MR) is 72.7 cm³/mol. The highest BCUT2D eigenvalue weighted by Crippen LogP contribution is 2.28. The van der Waals surface area contributed by atoms with Crippen molar-refractivity contribution >= 4 is 11.6 Å². The molecule has 0 amide bonds. The summed E-state index contributed by atoms with van der Waals surface area (Å²) in [6, 6.07) is 0. The van der Waals surface area contributed by atoms with Gasteiger partial charge in [0.05, 0.1) is 5.38 Å². The van der Waals surface area contributed by atoms with Crippen molar-refractivity contribution in [2.24, 2.45) is 5.92 Å². The molecule has 0 aliphatic heterocycles. The average Bonchev–Trinajstić information content (AvgIpc) is 2.87. The minimum atomic E-state index is -0.0952. The zero-order valence-electron chi connectivity index (χ0n) is 11.2. The zero-order chi connectivity index (χ0) is 12.8. The van der Waals surface area contributed by atoms with Crippen molar-refractivity contribution in [1.29, 1.82) is 0 Å². The molecule has 102 valence electrons. The lowest BCUT2D eigenvalue weighted by molar-refractivity contribution is 0.313. The molecule has 0 bridgehead atoms. The predicted octanol–water partition coefficient (Wildman–Crippen LogP) is 4.66. The van der Waals surface area contributed by atoms with Gasteiger partial charge in [-0.2, -0.15) is 4.98 Å². The number of halogens is 1. The molecule has 1 aromatic rings. The summed E-state index contributed by atoms with van der Waals surface area (Å²) in [5.41, 5.74) is 0. The second kappa shape index (κ2) is 7.13. The Bertz CT molecular complexity index is 347. The van der Waals surface area contributed by atoms with E-state index in [2.05, 4.69) is 17.1 Å². The minimum absolute atomic E-state index is 0.0952. The minimum Gasteiger partial charge on any atom is -0.339 e. The first-order valence-corrected chi connectivity index (χ1v) is 7.69. The molecule has 1 aromatic heterocycles. The highest BCUT2D eigenvalue weighted by atomic mass is 35.5. The standard InChI is InChI=1S/C14H23ClN2O/c1-2-6-12(15)14-16-13(18-17-14)10-9-11-7-4-3-5-8-11/h11-12H,2-10H2,1H3. The third kappa shape index (κ3) is 3.98. The van der Waals surface area contributed by atoms with Gasteiger partial charge in [-0.05, 0) is 18.8 Å². The second-order valence-corrected chi connectivity index (χ2v) is 5.87. The van der Waals surface area contributed by atoms with Crippen LogP contribution in [0.2, 0.25) is 0 Å². The van der Waals surface area contributed by atoms with Crippen LogP contribution in [0.15, 0.2) is 4.52 Å². The Morgan fingerprint density at radius 2 is 2.11 bits per heavy atom. The number of aromatic nitrogens is 2. The van der Waals surface area contributed by atoms with Gasteiger partial charge in [0, 0.05) is 6.42 Å². The summed E-state index contributed by atoms with van der Waals surface area (Å²) < 4.78 is 5.28. The van der Waals surface area contributed by atoms with Crippen LogP contribution in [-0.4, -0.2) is 10.1 Å². The molecule has 1 atom stereocenters. The molecule has 0 saturated heterocycles. The first-order valence-electron chi connectivity index (χ1n) is 7.26. The Morgan fingerprint density at radius 1 is 1.33 bits per heavy atom. The molecule has 1 unspecified atom stereocenters. The van der Waals surface area contributed by atoms with Gasteiger partial charge in [0.25, 0.3) is 0 Å². The lowest BCUT2D eigenvalue weighted by atomic mass is 9.86. The molecule has 0 aromatic carbocycles. The largest absolute Gasteiger partial charge is 0.339 e. The molecule has 1 saturated carbocycles. The maximum atomic E-state index is 6.18. The monoisotopic (exact) mass is 270 g/mol. The number of rotatable bonds is 6. The summed E-state index contributed by atoms with van der Waals surface area (Å²) in [4.78, 5) is 4.40. The highest BCUT2D eigenvalue weighted by molar-refractivity contribution is 6.20. The fraction of sp³-hybridized carbons (Fsp3) is 0.857. The third-order valence-corrected chi connectivity index (χ3v) is 4.21. The Kier molecular flexibility index (Phi) is 5.48. The van der Waals surface area contributed by atoms with Crippen LogP contribution in [0, 0.1) is 5.92 Å². The van der Waals surface area contributed by atoms with E-state index in [1.165, 1.54) is 38.5 Å². The Morgan fingerprint density at radius 3 is 2.83 bits per heavy atom. The van der Waals surface area contributed by atoms with E-state index in [4.69, 9.17) is 16.1 Å². The van der Waals surface area contributed by atoms with Crippen molar-refractivity contribution in [1.82, 2.24) is 10.1 Å². The first kappa shape index (κ1) is 13.9. The molecule has 2 rings (SSSR count). The van der Waals surface area contributed by atoms with Crippen molar-refractivity contribution in [2.75, 3.05) is 0 Å². The van der Waals surface area contributed by atoms with Crippen molar-refractivity contribution < 1.29 is 4.52 Å². The summed E-state index contributed by atoms with van der Waals surface area (Å²) >= 11 is 6.18. The lowest BCUT2D eigenvalue weighted by Crippen LogP contribution is -2.07. The maximum Gasteiger partial charge on any atom is 0.226 e. The molecule has 1 heterocycles. The van der Waals surface area contributed by atoms with Crippen LogP contribution in [0.4, 0.5) is 0 Å². The first-order chi connectivity index (χ1) is 8.79. The Balaban J connectivity index is 1.79. The van der Waals surface area contributed by atoms with E-state index in [-0.39, 0.29) is 5.38 Å². The van der Waals surface area contributed by atoms with Crippen molar-refractivity contribution in [3.05, 3.63) is 11.7 Å². The van der Waals surface area contributed by atoms with Crippen LogP contribution < -0.4 is 0 Å². The fourth-order valence-electron chi connectivity index (χ4n) is 2.68. The van der Waals surface area contributed by atoms with Gasteiger partial charge in [0.1, 0.15) is 0 Å². The average molecular weight is 271 g/mol. The van der Waals surface area contributed by atoms with Crippen molar-refractivity contribution in [2.45, 2.75) is 70.1 Å². The summed E-state index contributed by atoms with van der Waals surface area (Å²) in [7, 11) is 0. The van der Waals surface area contributed by atoms with Crippen LogP contribution in [-0.2, 0) is 6.42 Å².